The van der Waals surface area contributed by atoms with Gasteiger partial charge in [-0.1, -0.05) is 29.9 Å². The van der Waals surface area contributed by atoms with Gasteiger partial charge in [-0.25, -0.2) is 0 Å². The van der Waals surface area contributed by atoms with Gasteiger partial charge in [0.2, 0.25) is 0 Å². The van der Waals surface area contributed by atoms with Gasteiger partial charge in [-0.2, -0.15) is 0 Å². The molecule has 28 heavy (non-hydrogen) atoms. The maximum atomic E-state index is 13.1. The van der Waals surface area contributed by atoms with Crippen molar-refractivity contribution in [1.82, 2.24) is 15.1 Å². The zero-order chi connectivity index (χ0) is 20.4. The summed E-state index contributed by atoms with van der Waals surface area (Å²) in [7, 11) is 0. The zero-order valence-corrected chi connectivity index (χ0v) is 17.9. The fourth-order valence-corrected chi connectivity index (χ4v) is 4.60. The Morgan fingerprint density at radius 2 is 1.86 bits per heavy atom. The van der Waals surface area contributed by atoms with Gasteiger partial charge in [0.25, 0.3) is 11.8 Å². The predicted molar refractivity (Wildman–Crippen MR) is 113 cm³/mol. The van der Waals surface area contributed by atoms with E-state index in [1.807, 2.05) is 30.9 Å². The molecule has 0 aromatic rings. The second-order valence-corrected chi connectivity index (χ2v) is 8.98. The highest BCUT2D eigenvalue weighted by molar-refractivity contribution is 6.19. The van der Waals surface area contributed by atoms with E-state index < -0.39 is 0 Å². The molecule has 0 spiro atoms. The topological polar surface area (TPSA) is 52.7 Å². The van der Waals surface area contributed by atoms with Crippen LogP contribution in [0.2, 0.25) is 0 Å². The maximum Gasteiger partial charge on any atom is 0.259 e. The summed E-state index contributed by atoms with van der Waals surface area (Å²) < 4.78 is 0. The fourth-order valence-electron chi connectivity index (χ4n) is 4.60. The van der Waals surface area contributed by atoms with E-state index in [0.29, 0.717) is 24.1 Å². The van der Waals surface area contributed by atoms with Crippen molar-refractivity contribution >= 4 is 11.8 Å². The van der Waals surface area contributed by atoms with E-state index in [2.05, 4.69) is 43.1 Å². The molecule has 1 N–H and O–H groups in total. The number of piperidine rings is 1. The van der Waals surface area contributed by atoms with Crippen molar-refractivity contribution in [3.05, 3.63) is 35.5 Å². The number of carbonyl (C=O) groups excluding carboxylic acids is 2. The third-order valence-corrected chi connectivity index (χ3v) is 6.43. The molecule has 1 saturated heterocycles. The molecule has 0 bridgehead atoms. The highest BCUT2D eigenvalue weighted by Gasteiger charge is 2.40. The van der Waals surface area contributed by atoms with Crippen molar-refractivity contribution in [2.75, 3.05) is 19.6 Å². The number of rotatable bonds is 5. The molecule has 1 fully saturated rings. The van der Waals surface area contributed by atoms with Crippen molar-refractivity contribution in [2.45, 2.75) is 65.6 Å². The van der Waals surface area contributed by atoms with Crippen LogP contribution in [0, 0.1) is 11.8 Å². The number of hydrogen-bond acceptors (Lipinski definition) is 3. The first-order chi connectivity index (χ1) is 13.3. The molecule has 0 aromatic carbocycles. The minimum atomic E-state index is -0.220. The number of nitrogens with one attached hydrogen (secondary N) is 1. The van der Waals surface area contributed by atoms with Gasteiger partial charge in [0, 0.05) is 24.5 Å². The van der Waals surface area contributed by atoms with Crippen molar-refractivity contribution in [1.29, 1.82) is 0 Å². The highest BCUT2D eigenvalue weighted by Crippen LogP contribution is 2.33. The van der Waals surface area contributed by atoms with Crippen molar-refractivity contribution in [2.24, 2.45) is 11.8 Å². The molecule has 0 radical (unpaired) electrons. The molecule has 154 valence electrons. The van der Waals surface area contributed by atoms with E-state index in [1.54, 1.807) is 0 Å². The largest absolute Gasteiger partial charge is 0.352 e. The fraction of sp³-hybridized carbons (Fsp3) is 0.652. The lowest BCUT2D eigenvalue weighted by molar-refractivity contribution is -0.134. The summed E-state index contributed by atoms with van der Waals surface area (Å²) in [6.07, 6.45) is 10.2. The Bertz CT molecular complexity index is 697. The number of fused-ring (bicyclic) bond motifs is 1. The first-order valence-electron chi connectivity index (χ1n) is 10.7. The van der Waals surface area contributed by atoms with Crippen LogP contribution in [0.3, 0.4) is 0 Å². The molecule has 2 aliphatic heterocycles. The highest BCUT2D eigenvalue weighted by atomic mass is 16.2. The van der Waals surface area contributed by atoms with Gasteiger partial charge in [-0.3, -0.25) is 9.59 Å². The van der Waals surface area contributed by atoms with Gasteiger partial charge in [-0.15, -0.1) is 0 Å². The summed E-state index contributed by atoms with van der Waals surface area (Å²) >= 11 is 0. The summed E-state index contributed by atoms with van der Waals surface area (Å²) in [5, 5.41) is 3.06. The van der Waals surface area contributed by atoms with Crippen molar-refractivity contribution in [3.8, 4) is 0 Å². The van der Waals surface area contributed by atoms with Crippen LogP contribution >= 0.6 is 0 Å². The van der Waals surface area contributed by atoms with E-state index in [1.165, 1.54) is 5.57 Å². The van der Waals surface area contributed by atoms with Gasteiger partial charge in [0.15, 0.2) is 0 Å². The summed E-state index contributed by atoms with van der Waals surface area (Å²) in [5.74, 6) is 0.206. The second-order valence-electron chi connectivity index (χ2n) is 8.98. The Labute approximate surface area is 169 Å². The lowest BCUT2D eigenvalue weighted by Crippen LogP contribution is -2.53. The van der Waals surface area contributed by atoms with Crippen molar-refractivity contribution < 1.29 is 9.59 Å². The molecule has 2 heterocycles. The Kier molecular flexibility index (Phi) is 6.43. The van der Waals surface area contributed by atoms with Crippen LogP contribution in [0.15, 0.2) is 35.5 Å². The van der Waals surface area contributed by atoms with E-state index in [-0.39, 0.29) is 29.8 Å². The third kappa shape index (κ3) is 4.24. The van der Waals surface area contributed by atoms with Gasteiger partial charge in [0.05, 0.1) is 6.04 Å². The molecule has 2 unspecified atom stereocenters. The summed E-state index contributed by atoms with van der Waals surface area (Å²) in [6.45, 7) is 13.4. The molecule has 5 heteroatoms. The number of allylic oxidation sites excluding steroid dienone is 2. The Hall–Kier alpha value is -1.88. The Morgan fingerprint density at radius 1 is 1.18 bits per heavy atom. The van der Waals surface area contributed by atoms with Crippen LogP contribution in [0.25, 0.3) is 0 Å². The van der Waals surface area contributed by atoms with Crippen LogP contribution in [0.1, 0.15) is 47.5 Å². The molecule has 5 nitrogen and oxygen atoms in total. The van der Waals surface area contributed by atoms with Crippen molar-refractivity contribution in [3.63, 3.8) is 0 Å². The minimum Gasteiger partial charge on any atom is -0.352 e. The number of hydrogen-bond donors (Lipinski definition) is 1. The number of nitrogens with zero attached hydrogens (tertiary/aromatic N) is 2. The third-order valence-electron chi connectivity index (χ3n) is 6.43. The van der Waals surface area contributed by atoms with Crippen LogP contribution in [0.5, 0.6) is 0 Å². The lowest BCUT2D eigenvalue weighted by atomic mass is 9.81. The van der Waals surface area contributed by atoms with Gasteiger partial charge in [-0.05, 0) is 66.5 Å². The van der Waals surface area contributed by atoms with E-state index in [9.17, 15) is 9.59 Å². The average Bonchev–Trinajstić information content (AvgIpc) is 2.66. The minimum absolute atomic E-state index is 0.00871. The smallest absolute Gasteiger partial charge is 0.259 e. The van der Waals surface area contributed by atoms with E-state index in [0.717, 1.165) is 25.9 Å². The number of carbonyl (C=O) groups is 2. The Balaban J connectivity index is 1.66. The number of likely N-dealkylation sites (tertiary alicyclic amines) is 1. The molecule has 3 aliphatic rings. The molecule has 0 saturated carbocycles. The lowest BCUT2D eigenvalue weighted by Gasteiger charge is -2.42. The summed E-state index contributed by atoms with van der Waals surface area (Å²) in [5.41, 5.74) is 1.50. The normalized spacial score (nSPS) is 26.4. The molecule has 0 aromatic heterocycles. The second kappa shape index (κ2) is 8.64. The van der Waals surface area contributed by atoms with Crippen LogP contribution in [0.4, 0.5) is 0 Å². The monoisotopic (exact) mass is 385 g/mol. The molecule has 1 aliphatic carbocycles. The molecular formula is C23H35N3O2. The van der Waals surface area contributed by atoms with Gasteiger partial charge in [0.1, 0.15) is 5.57 Å². The molecular weight excluding hydrogens is 350 g/mol. The quantitative estimate of drug-likeness (QED) is 0.741. The maximum absolute atomic E-state index is 13.1. The first-order valence-corrected chi connectivity index (χ1v) is 10.7. The Morgan fingerprint density at radius 3 is 2.46 bits per heavy atom. The predicted octanol–water partition coefficient (Wildman–Crippen LogP) is 2.90. The number of amides is 2. The molecule has 3 rings (SSSR count). The van der Waals surface area contributed by atoms with Crippen LogP contribution < -0.4 is 5.32 Å². The summed E-state index contributed by atoms with van der Waals surface area (Å²) in [6, 6.07) is 0.637. The molecule has 2 amide bonds. The molecule has 2 atom stereocenters. The SMILES string of the molecule is CC1=CC=CC2C1C=C(C(=O)NCC1CCN(C(C)C)CC1)C(=O)N2C(C)C. The van der Waals surface area contributed by atoms with E-state index >= 15 is 0 Å². The van der Waals surface area contributed by atoms with Gasteiger partial charge >= 0.3 is 0 Å². The van der Waals surface area contributed by atoms with E-state index in [4.69, 9.17) is 0 Å². The first kappa shape index (κ1) is 20.8. The zero-order valence-electron chi connectivity index (χ0n) is 17.9. The average molecular weight is 386 g/mol. The van der Waals surface area contributed by atoms with Gasteiger partial charge < -0.3 is 15.1 Å². The standard InChI is InChI=1S/C23H35N3O2/c1-15(2)25-11-9-18(10-12-25)14-24-22(27)20-13-19-17(5)7-6-8-21(19)26(16(3)4)23(20)28/h6-8,13,15-16,18-19,21H,9-12,14H2,1-5H3,(H,24,27). The van der Waals surface area contributed by atoms with Crippen LogP contribution in [-0.4, -0.2) is 59.4 Å². The summed E-state index contributed by atoms with van der Waals surface area (Å²) in [4.78, 5) is 30.3. The van der Waals surface area contributed by atoms with Crippen LogP contribution in [-0.2, 0) is 9.59 Å².